The number of allylic oxidation sites excluding steroid dienone is 1. The number of anilines is 1. The summed E-state index contributed by atoms with van der Waals surface area (Å²) < 4.78 is 32.5. The van der Waals surface area contributed by atoms with E-state index in [1.165, 1.54) is 0 Å². The molecule has 0 spiro atoms. The summed E-state index contributed by atoms with van der Waals surface area (Å²) in [7, 11) is -3.62. The number of hydrogen-bond acceptors (Lipinski definition) is 4. The van der Waals surface area contributed by atoms with Crippen LogP contribution in [0.25, 0.3) is 6.08 Å². The first-order chi connectivity index (χ1) is 13.9. The lowest BCUT2D eigenvalue weighted by Crippen LogP contribution is -2.31. The second-order valence-corrected chi connectivity index (χ2v) is 9.38. The van der Waals surface area contributed by atoms with E-state index in [4.69, 9.17) is 4.74 Å². The number of nitrogens with one attached hydrogen (secondary N) is 1. The van der Waals surface area contributed by atoms with E-state index in [0.29, 0.717) is 25.1 Å². The number of carbonyl (C=O) groups excluding carboxylic acids is 1. The Labute approximate surface area is 171 Å². The summed E-state index contributed by atoms with van der Waals surface area (Å²) >= 11 is 0. The zero-order valence-corrected chi connectivity index (χ0v) is 16.8. The molecule has 0 aromatic heterocycles. The molecule has 1 saturated heterocycles. The van der Waals surface area contributed by atoms with Crippen molar-refractivity contribution >= 4 is 27.8 Å². The van der Waals surface area contributed by atoms with Crippen molar-refractivity contribution in [3.63, 3.8) is 0 Å². The molecule has 150 valence electrons. The first-order valence-corrected chi connectivity index (χ1v) is 11.1. The zero-order valence-electron chi connectivity index (χ0n) is 16.0. The maximum atomic E-state index is 12.4. The molecule has 0 radical (unpaired) electrons. The molecule has 2 aliphatic rings. The van der Waals surface area contributed by atoms with Crippen LogP contribution in [0.3, 0.4) is 0 Å². The molecule has 5 nitrogen and oxygen atoms in total. The van der Waals surface area contributed by atoms with E-state index < -0.39 is 15.4 Å². The van der Waals surface area contributed by atoms with Gasteiger partial charge in [-0.05, 0) is 48.6 Å². The third-order valence-electron chi connectivity index (χ3n) is 5.68. The van der Waals surface area contributed by atoms with Gasteiger partial charge in [0.15, 0.2) is 0 Å². The predicted molar refractivity (Wildman–Crippen MR) is 113 cm³/mol. The lowest BCUT2D eigenvalue weighted by molar-refractivity contribution is -0.146. The highest BCUT2D eigenvalue weighted by atomic mass is 32.2. The number of cyclic esters (lactones) is 1. The summed E-state index contributed by atoms with van der Waals surface area (Å²) in [5.41, 5.74) is 2.85. The first-order valence-electron chi connectivity index (χ1n) is 9.55. The quantitative estimate of drug-likeness (QED) is 0.575. The predicted octanol–water partition coefficient (Wildman–Crippen LogP) is 4.15. The summed E-state index contributed by atoms with van der Waals surface area (Å²) in [6.07, 6.45) is 3.62. The van der Waals surface area contributed by atoms with Crippen molar-refractivity contribution in [1.29, 1.82) is 0 Å². The summed E-state index contributed by atoms with van der Waals surface area (Å²) in [6, 6.07) is 16.4. The molecule has 4 rings (SSSR count). The molecule has 2 aromatic rings. The number of benzene rings is 2. The van der Waals surface area contributed by atoms with Crippen LogP contribution in [0.15, 0.2) is 72.2 Å². The van der Waals surface area contributed by atoms with E-state index in [9.17, 15) is 13.2 Å². The van der Waals surface area contributed by atoms with E-state index in [1.54, 1.807) is 18.2 Å². The molecule has 1 N–H and O–H groups in total. The van der Waals surface area contributed by atoms with Gasteiger partial charge in [0.1, 0.15) is 0 Å². The Kier molecular flexibility index (Phi) is 5.04. The van der Waals surface area contributed by atoms with Gasteiger partial charge in [-0.3, -0.25) is 9.52 Å². The molecule has 6 heteroatoms. The number of sulfonamides is 1. The number of rotatable bonds is 6. The molecule has 0 bridgehead atoms. The Hall–Kier alpha value is -2.86. The number of fused-ring (bicyclic) bond motifs is 1. The molecule has 2 fully saturated rings. The van der Waals surface area contributed by atoms with Gasteiger partial charge in [0.2, 0.25) is 0 Å². The third-order valence-corrected chi connectivity index (χ3v) is 6.69. The third kappa shape index (κ3) is 4.12. The zero-order chi connectivity index (χ0) is 20.5. The molecular weight excluding hydrogens is 386 g/mol. The average molecular weight is 410 g/mol. The van der Waals surface area contributed by atoms with Crippen LogP contribution in [0.5, 0.6) is 0 Å². The Balaban J connectivity index is 1.45. The molecule has 1 aliphatic heterocycles. The average Bonchev–Trinajstić information content (AvgIpc) is 3.16. The molecule has 2 aromatic carbocycles. The van der Waals surface area contributed by atoms with Crippen LogP contribution in [-0.2, 0) is 26.0 Å². The molecule has 29 heavy (non-hydrogen) atoms. The molecule has 2 unspecified atom stereocenters. The van der Waals surface area contributed by atoms with Crippen LogP contribution >= 0.6 is 0 Å². The fraction of sp³-hybridized carbons (Fsp3) is 0.261. The van der Waals surface area contributed by atoms with Gasteiger partial charge in [0.05, 0.1) is 17.4 Å². The fourth-order valence-electron chi connectivity index (χ4n) is 4.25. The standard InChI is InChI=1S/C23H23NO4S/c1-17-13-20-16-28-22(25)23(20,14-17)15-19-7-9-21(10-8-19)24-29(26,27)12-11-18-5-3-2-4-6-18/h2-12,20,24H,1,13-16H2/b12-11+. The second kappa shape index (κ2) is 7.52. The molecular formula is C23H23NO4S. The van der Waals surface area contributed by atoms with Gasteiger partial charge >= 0.3 is 5.97 Å². The van der Waals surface area contributed by atoms with Crippen molar-refractivity contribution in [3.05, 3.63) is 83.3 Å². The van der Waals surface area contributed by atoms with Gasteiger partial charge in [-0.15, -0.1) is 0 Å². The minimum Gasteiger partial charge on any atom is -0.465 e. The van der Waals surface area contributed by atoms with Crippen molar-refractivity contribution in [2.24, 2.45) is 11.3 Å². The molecule has 2 atom stereocenters. The maximum Gasteiger partial charge on any atom is 0.313 e. The van der Waals surface area contributed by atoms with Gasteiger partial charge in [-0.1, -0.05) is 54.6 Å². The molecule has 0 amide bonds. The van der Waals surface area contributed by atoms with Gasteiger partial charge in [0, 0.05) is 11.6 Å². The Morgan fingerprint density at radius 1 is 1.14 bits per heavy atom. The van der Waals surface area contributed by atoms with Gasteiger partial charge in [-0.25, -0.2) is 8.42 Å². The van der Waals surface area contributed by atoms with E-state index in [2.05, 4.69) is 11.3 Å². The van der Waals surface area contributed by atoms with Crippen LogP contribution in [-0.4, -0.2) is 21.0 Å². The van der Waals surface area contributed by atoms with Crippen molar-refractivity contribution in [1.82, 2.24) is 0 Å². The summed E-state index contributed by atoms with van der Waals surface area (Å²) in [6.45, 7) is 4.52. The van der Waals surface area contributed by atoms with Crippen LogP contribution in [0, 0.1) is 11.3 Å². The van der Waals surface area contributed by atoms with Crippen LogP contribution < -0.4 is 4.72 Å². The highest BCUT2D eigenvalue weighted by molar-refractivity contribution is 7.95. The Bertz CT molecular complexity index is 1060. The largest absolute Gasteiger partial charge is 0.465 e. The lowest BCUT2D eigenvalue weighted by atomic mass is 9.75. The van der Waals surface area contributed by atoms with Crippen LogP contribution in [0.1, 0.15) is 24.0 Å². The highest BCUT2D eigenvalue weighted by Gasteiger charge is 2.55. The minimum absolute atomic E-state index is 0.142. The summed E-state index contributed by atoms with van der Waals surface area (Å²) in [5.74, 6) is 0.0424. The number of esters is 1. The fourth-order valence-corrected chi connectivity index (χ4v) is 5.12. The van der Waals surface area contributed by atoms with Crippen molar-refractivity contribution < 1.29 is 17.9 Å². The van der Waals surface area contributed by atoms with E-state index in [-0.39, 0.29) is 11.9 Å². The van der Waals surface area contributed by atoms with Gasteiger partial charge < -0.3 is 4.74 Å². The second-order valence-electron chi connectivity index (χ2n) is 7.82. The normalized spacial score (nSPS) is 23.9. The van der Waals surface area contributed by atoms with E-state index in [1.807, 2.05) is 42.5 Å². The Morgan fingerprint density at radius 3 is 2.59 bits per heavy atom. The van der Waals surface area contributed by atoms with Crippen LogP contribution in [0.4, 0.5) is 5.69 Å². The molecule has 1 aliphatic carbocycles. The van der Waals surface area contributed by atoms with E-state index in [0.717, 1.165) is 28.5 Å². The number of hydrogen-bond donors (Lipinski definition) is 1. The summed E-state index contributed by atoms with van der Waals surface area (Å²) in [4.78, 5) is 12.4. The SMILES string of the molecule is C=C1CC2COC(=O)C2(Cc2ccc(NS(=O)(=O)/C=C/c3ccccc3)cc2)C1. The smallest absolute Gasteiger partial charge is 0.313 e. The van der Waals surface area contributed by atoms with Crippen LogP contribution in [0.2, 0.25) is 0 Å². The van der Waals surface area contributed by atoms with Crippen molar-refractivity contribution in [3.8, 4) is 0 Å². The lowest BCUT2D eigenvalue weighted by Gasteiger charge is -2.24. The van der Waals surface area contributed by atoms with Gasteiger partial charge in [0.25, 0.3) is 10.0 Å². The van der Waals surface area contributed by atoms with Crippen molar-refractivity contribution in [2.75, 3.05) is 11.3 Å². The number of carbonyl (C=O) groups is 1. The summed E-state index contributed by atoms with van der Waals surface area (Å²) in [5, 5.41) is 1.15. The Morgan fingerprint density at radius 2 is 1.86 bits per heavy atom. The highest BCUT2D eigenvalue weighted by Crippen LogP contribution is 2.52. The maximum absolute atomic E-state index is 12.4. The molecule has 1 saturated carbocycles. The van der Waals surface area contributed by atoms with E-state index >= 15 is 0 Å². The minimum atomic E-state index is -3.62. The van der Waals surface area contributed by atoms with Crippen molar-refractivity contribution in [2.45, 2.75) is 19.3 Å². The monoisotopic (exact) mass is 409 g/mol. The topological polar surface area (TPSA) is 72.5 Å². The number of ether oxygens (including phenoxy) is 1. The first kappa shape index (κ1) is 19.5. The molecule has 1 heterocycles. The van der Waals surface area contributed by atoms with Gasteiger partial charge in [-0.2, -0.15) is 0 Å².